The van der Waals surface area contributed by atoms with Crippen LogP contribution in [0.15, 0.2) is 36.4 Å². The van der Waals surface area contributed by atoms with Crippen molar-refractivity contribution in [1.82, 2.24) is 0 Å². The molecule has 1 aliphatic rings. The number of aryl methyl sites for hydroxylation is 1. The average molecular weight is 373 g/mol. The van der Waals surface area contributed by atoms with Gasteiger partial charge in [-0.15, -0.1) is 0 Å². The van der Waals surface area contributed by atoms with Gasteiger partial charge in [0.15, 0.2) is 0 Å². The third kappa shape index (κ3) is 10.6. The van der Waals surface area contributed by atoms with E-state index in [-0.39, 0.29) is 5.60 Å². The number of ether oxygens (including phenoxy) is 2. The van der Waals surface area contributed by atoms with Crippen molar-refractivity contribution in [2.24, 2.45) is 0 Å². The Morgan fingerprint density at radius 3 is 2.33 bits per heavy atom. The molecule has 0 N–H and O–H groups in total. The molecule has 1 saturated heterocycles. The minimum Gasteiger partial charge on any atom is -0.490 e. The van der Waals surface area contributed by atoms with E-state index in [1.165, 1.54) is 76.2 Å². The van der Waals surface area contributed by atoms with Gasteiger partial charge in [0.25, 0.3) is 0 Å². The van der Waals surface area contributed by atoms with E-state index < -0.39 is 0 Å². The minimum absolute atomic E-state index is 0.0403. The van der Waals surface area contributed by atoms with Crippen LogP contribution in [0.3, 0.4) is 0 Å². The topological polar surface area (TPSA) is 21.8 Å². The molecule has 2 nitrogen and oxygen atoms in total. The molecule has 0 amide bonds. The molecule has 27 heavy (non-hydrogen) atoms. The van der Waals surface area contributed by atoms with Crippen molar-refractivity contribution in [3.63, 3.8) is 0 Å². The Labute approximate surface area is 167 Å². The molecule has 0 radical (unpaired) electrons. The summed E-state index contributed by atoms with van der Waals surface area (Å²) in [4.78, 5) is 0. The molecule has 1 heterocycles. The summed E-state index contributed by atoms with van der Waals surface area (Å²) in [5, 5.41) is 0. The molecule has 1 atom stereocenters. The van der Waals surface area contributed by atoms with Crippen molar-refractivity contribution in [2.45, 2.75) is 96.5 Å². The van der Waals surface area contributed by atoms with Gasteiger partial charge in [-0.3, -0.25) is 0 Å². The van der Waals surface area contributed by atoms with Crippen molar-refractivity contribution >= 4 is 0 Å². The van der Waals surface area contributed by atoms with Crippen molar-refractivity contribution in [3.05, 3.63) is 42.0 Å². The van der Waals surface area contributed by atoms with Crippen LogP contribution in [0.25, 0.3) is 0 Å². The van der Waals surface area contributed by atoms with Crippen LogP contribution in [0, 0.1) is 0 Å². The lowest BCUT2D eigenvalue weighted by atomic mass is 10.0. The summed E-state index contributed by atoms with van der Waals surface area (Å²) in [6, 6.07) is 8.57. The van der Waals surface area contributed by atoms with Crippen LogP contribution in [-0.4, -0.2) is 18.8 Å². The first-order valence-corrected chi connectivity index (χ1v) is 11.2. The summed E-state index contributed by atoms with van der Waals surface area (Å²) in [7, 11) is 0. The highest BCUT2D eigenvalue weighted by atomic mass is 16.6. The minimum atomic E-state index is -0.0403. The summed E-state index contributed by atoms with van der Waals surface area (Å²) in [5.74, 6) is 0.980. The Balaban J connectivity index is 1.43. The van der Waals surface area contributed by atoms with Crippen LogP contribution >= 0.6 is 0 Å². The third-order valence-electron chi connectivity index (χ3n) is 5.31. The molecule has 152 valence electrons. The molecule has 1 unspecified atom stereocenters. The van der Waals surface area contributed by atoms with E-state index in [9.17, 15) is 0 Å². The first-order valence-electron chi connectivity index (χ1n) is 11.2. The zero-order valence-electron chi connectivity index (χ0n) is 17.7. The second-order valence-corrected chi connectivity index (χ2v) is 8.30. The van der Waals surface area contributed by atoms with E-state index in [0.717, 1.165) is 18.8 Å². The molecule has 0 aliphatic carbocycles. The van der Waals surface area contributed by atoms with E-state index in [2.05, 4.69) is 44.2 Å². The molecule has 0 spiro atoms. The summed E-state index contributed by atoms with van der Waals surface area (Å²) in [6.45, 7) is 5.83. The molecule has 0 bridgehead atoms. The summed E-state index contributed by atoms with van der Waals surface area (Å²) in [5.41, 5.74) is 1.35. The van der Waals surface area contributed by atoms with Gasteiger partial charge in [0, 0.05) is 0 Å². The van der Waals surface area contributed by atoms with Crippen molar-refractivity contribution in [3.8, 4) is 5.75 Å². The summed E-state index contributed by atoms with van der Waals surface area (Å²) < 4.78 is 11.2. The fourth-order valence-corrected chi connectivity index (χ4v) is 3.27. The molecule has 1 fully saturated rings. The maximum atomic E-state index is 5.86. The molecule has 2 heteroatoms. The standard InChI is InChI=1S/C25H40O2/c1-3-4-5-6-7-8-9-10-11-12-13-14-15-17-23-18-16-19-24(20-23)26-21-25(2)22-27-25/h6-7,16,18-20H,3-5,8-15,17,21-22H2,1-2H3/b7-6+. The quantitative estimate of drug-likeness (QED) is 0.173. The largest absolute Gasteiger partial charge is 0.490 e. The van der Waals surface area contributed by atoms with Crippen LogP contribution < -0.4 is 4.74 Å². The smallest absolute Gasteiger partial charge is 0.123 e. The van der Waals surface area contributed by atoms with Crippen LogP contribution in [-0.2, 0) is 11.2 Å². The first-order chi connectivity index (χ1) is 13.2. The summed E-state index contributed by atoms with van der Waals surface area (Å²) >= 11 is 0. The van der Waals surface area contributed by atoms with E-state index >= 15 is 0 Å². The van der Waals surface area contributed by atoms with Crippen molar-refractivity contribution in [1.29, 1.82) is 0 Å². The number of benzene rings is 1. The highest BCUT2D eigenvalue weighted by Gasteiger charge is 2.40. The Kier molecular flexibility index (Phi) is 10.6. The molecule has 1 aromatic carbocycles. The normalized spacial score (nSPS) is 18.9. The third-order valence-corrected chi connectivity index (χ3v) is 5.31. The number of hydrogen-bond donors (Lipinski definition) is 0. The maximum Gasteiger partial charge on any atom is 0.123 e. The van der Waals surface area contributed by atoms with Gasteiger partial charge in [0.1, 0.15) is 18.0 Å². The summed E-state index contributed by atoms with van der Waals surface area (Å²) in [6.07, 6.45) is 20.6. The van der Waals surface area contributed by atoms with Gasteiger partial charge in [-0.2, -0.15) is 0 Å². The van der Waals surface area contributed by atoms with Crippen LogP contribution in [0.5, 0.6) is 5.75 Å². The van der Waals surface area contributed by atoms with E-state index in [4.69, 9.17) is 9.47 Å². The van der Waals surface area contributed by atoms with E-state index in [1.807, 2.05) is 6.07 Å². The maximum absolute atomic E-state index is 5.86. The zero-order valence-corrected chi connectivity index (χ0v) is 17.7. The van der Waals surface area contributed by atoms with Crippen LogP contribution in [0.1, 0.15) is 90.0 Å². The van der Waals surface area contributed by atoms with Gasteiger partial charge < -0.3 is 9.47 Å². The van der Waals surface area contributed by atoms with Gasteiger partial charge in [-0.05, 0) is 56.7 Å². The number of hydrogen-bond acceptors (Lipinski definition) is 2. The van der Waals surface area contributed by atoms with Gasteiger partial charge >= 0.3 is 0 Å². The molecule has 0 aromatic heterocycles. The fraction of sp³-hybridized carbons (Fsp3) is 0.680. The second-order valence-electron chi connectivity index (χ2n) is 8.30. The number of allylic oxidation sites excluding steroid dienone is 2. The lowest BCUT2D eigenvalue weighted by Gasteiger charge is -2.10. The van der Waals surface area contributed by atoms with E-state index in [0.29, 0.717) is 6.61 Å². The predicted octanol–water partition coefficient (Wildman–Crippen LogP) is 7.26. The zero-order chi connectivity index (χ0) is 19.2. The number of unbranched alkanes of at least 4 members (excludes halogenated alkanes) is 9. The predicted molar refractivity (Wildman–Crippen MR) is 116 cm³/mol. The van der Waals surface area contributed by atoms with Crippen LogP contribution in [0.4, 0.5) is 0 Å². The van der Waals surface area contributed by atoms with Crippen molar-refractivity contribution in [2.75, 3.05) is 13.2 Å². The Morgan fingerprint density at radius 2 is 1.63 bits per heavy atom. The van der Waals surface area contributed by atoms with Crippen molar-refractivity contribution < 1.29 is 9.47 Å². The van der Waals surface area contributed by atoms with Crippen LogP contribution in [0.2, 0.25) is 0 Å². The number of epoxide rings is 1. The van der Waals surface area contributed by atoms with E-state index in [1.54, 1.807) is 0 Å². The average Bonchev–Trinajstić information content (AvgIpc) is 3.42. The van der Waals surface area contributed by atoms with Gasteiger partial charge in [-0.1, -0.05) is 76.2 Å². The molecular formula is C25H40O2. The molecule has 2 rings (SSSR count). The Hall–Kier alpha value is -1.28. The molecular weight excluding hydrogens is 332 g/mol. The molecule has 1 aromatic rings. The lowest BCUT2D eigenvalue weighted by Crippen LogP contribution is -2.16. The lowest BCUT2D eigenvalue weighted by molar-refractivity contribution is 0.202. The fourth-order valence-electron chi connectivity index (χ4n) is 3.27. The monoisotopic (exact) mass is 372 g/mol. The highest BCUT2D eigenvalue weighted by molar-refractivity contribution is 5.28. The number of rotatable bonds is 16. The van der Waals surface area contributed by atoms with Gasteiger partial charge in [-0.25, -0.2) is 0 Å². The van der Waals surface area contributed by atoms with Gasteiger partial charge in [0.2, 0.25) is 0 Å². The highest BCUT2D eigenvalue weighted by Crippen LogP contribution is 2.27. The SMILES string of the molecule is CCCC/C=C/CCCCCCCCCc1cccc(OCC2(C)CO2)c1. The second kappa shape index (κ2) is 13.0. The molecule has 0 saturated carbocycles. The Morgan fingerprint density at radius 1 is 0.963 bits per heavy atom. The molecule has 1 aliphatic heterocycles. The first kappa shape index (κ1) is 22.0. The Bertz CT molecular complexity index is 531. The van der Waals surface area contributed by atoms with Gasteiger partial charge in [0.05, 0.1) is 6.61 Å².